The molecule has 0 bridgehead atoms. The zero-order valence-corrected chi connectivity index (χ0v) is 20.2. The molecule has 0 spiro atoms. The van der Waals surface area contributed by atoms with Crippen molar-refractivity contribution < 1.29 is 23.1 Å². The van der Waals surface area contributed by atoms with E-state index in [4.69, 9.17) is 4.74 Å². The SMILES string of the molecule is C[C@@H]1CCCN1CCCOc1ccc(C(=O)CN2CCN(C(=O)c3ccc(F)cc3F)CC2)cc1. The molecule has 2 saturated heterocycles. The predicted octanol–water partition coefficient (Wildman–Crippen LogP) is 3.86. The third-order valence-electron chi connectivity index (χ3n) is 6.91. The number of nitrogens with zero attached hydrogens (tertiary/aromatic N) is 3. The third-order valence-corrected chi connectivity index (χ3v) is 6.91. The molecular weight excluding hydrogens is 452 g/mol. The number of hydrogen-bond acceptors (Lipinski definition) is 5. The Bertz CT molecular complexity index is 1020. The number of hydrogen-bond donors (Lipinski definition) is 0. The van der Waals surface area contributed by atoms with E-state index in [9.17, 15) is 18.4 Å². The Morgan fingerprint density at radius 1 is 1.00 bits per heavy atom. The van der Waals surface area contributed by atoms with Crippen LogP contribution in [0.4, 0.5) is 8.78 Å². The first-order chi connectivity index (χ1) is 16.9. The van der Waals surface area contributed by atoms with Crippen LogP contribution in [0.3, 0.4) is 0 Å². The van der Waals surface area contributed by atoms with Gasteiger partial charge >= 0.3 is 0 Å². The molecule has 0 radical (unpaired) electrons. The number of carbonyl (C=O) groups is 2. The van der Waals surface area contributed by atoms with Crippen LogP contribution in [0.5, 0.6) is 5.75 Å². The van der Waals surface area contributed by atoms with Crippen LogP contribution in [-0.4, -0.2) is 84.9 Å². The van der Waals surface area contributed by atoms with Gasteiger partial charge in [0.05, 0.1) is 18.7 Å². The minimum absolute atomic E-state index is 0.00364. The summed E-state index contributed by atoms with van der Waals surface area (Å²) in [6, 6.07) is 10.9. The molecule has 2 aromatic rings. The average molecular weight is 486 g/mol. The van der Waals surface area contributed by atoms with Gasteiger partial charge in [-0.15, -0.1) is 0 Å². The van der Waals surface area contributed by atoms with E-state index in [0.29, 0.717) is 50.5 Å². The van der Waals surface area contributed by atoms with Gasteiger partial charge < -0.3 is 14.5 Å². The molecule has 2 aliphatic heterocycles. The number of ether oxygens (including phenoxy) is 1. The first-order valence-corrected chi connectivity index (χ1v) is 12.4. The topological polar surface area (TPSA) is 53.1 Å². The van der Waals surface area contributed by atoms with E-state index in [0.717, 1.165) is 24.8 Å². The largest absolute Gasteiger partial charge is 0.494 e. The fourth-order valence-electron chi connectivity index (χ4n) is 4.76. The number of likely N-dealkylation sites (tertiary alicyclic amines) is 1. The fourth-order valence-corrected chi connectivity index (χ4v) is 4.76. The second-order valence-electron chi connectivity index (χ2n) is 9.37. The molecule has 2 fully saturated rings. The number of rotatable bonds is 9. The van der Waals surface area contributed by atoms with Crippen molar-refractivity contribution in [2.45, 2.75) is 32.2 Å². The molecular formula is C27H33F2N3O3. The molecule has 0 aliphatic carbocycles. The molecule has 2 heterocycles. The summed E-state index contributed by atoms with van der Waals surface area (Å²) in [5, 5.41) is 0. The van der Waals surface area contributed by atoms with Crippen LogP contribution in [0.1, 0.15) is 46.9 Å². The van der Waals surface area contributed by atoms with Gasteiger partial charge in [0.25, 0.3) is 5.91 Å². The van der Waals surface area contributed by atoms with Crippen LogP contribution in [0.15, 0.2) is 42.5 Å². The third kappa shape index (κ3) is 6.64. The van der Waals surface area contributed by atoms with Gasteiger partial charge in [-0.1, -0.05) is 0 Å². The van der Waals surface area contributed by atoms with Gasteiger partial charge in [-0.25, -0.2) is 8.78 Å². The minimum Gasteiger partial charge on any atom is -0.494 e. The molecule has 2 aromatic carbocycles. The normalized spacial score (nSPS) is 19.2. The maximum atomic E-state index is 13.9. The summed E-state index contributed by atoms with van der Waals surface area (Å²) in [5.74, 6) is -1.27. The van der Waals surface area contributed by atoms with Gasteiger partial charge in [-0.2, -0.15) is 0 Å². The maximum Gasteiger partial charge on any atom is 0.256 e. The van der Waals surface area contributed by atoms with Crippen molar-refractivity contribution in [3.63, 3.8) is 0 Å². The lowest BCUT2D eigenvalue weighted by atomic mass is 10.1. The van der Waals surface area contributed by atoms with Crippen molar-refractivity contribution in [3.05, 3.63) is 65.2 Å². The van der Waals surface area contributed by atoms with Crippen LogP contribution in [0.2, 0.25) is 0 Å². The summed E-state index contributed by atoms with van der Waals surface area (Å²) < 4.78 is 32.9. The fraction of sp³-hybridized carbons (Fsp3) is 0.481. The Morgan fingerprint density at radius 2 is 1.74 bits per heavy atom. The smallest absolute Gasteiger partial charge is 0.256 e. The highest BCUT2D eigenvalue weighted by Gasteiger charge is 2.25. The lowest BCUT2D eigenvalue weighted by molar-refractivity contribution is 0.0620. The van der Waals surface area contributed by atoms with E-state index in [2.05, 4.69) is 11.8 Å². The quantitative estimate of drug-likeness (QED) is 0.399. The maximum absolute atomic E-state index is 13.9. The van der Waals surface area contributed by atoms with E-state index in [1.165, 1.54) is 30.4 Å². The molecule has 0 aromatic heterocycles. The Morgan fingerprint density at radius 3 is 2.40 bits per heavy atom. The van der Waals surface area contributed by atoms with Gasteiger partial charge in [0, 0.05) is 50.4 Å². The Kier molecular flexibility index (Phi) is 8.46. The number of Topliss-reactive ketones (excluding diaryl/α,β-unsaturated/α-hetero) is 1. The van der Waals surface area contributed by atoms with Crippen LogP contribution < -0.4 is 4.74 Å². The zero-order chi connectivity index (χ0) is 24.8. The highest BCUT2D eigenvalue weighted by atomic mass is 19.1. The molecule has 8 heteroatoms. The Labute approximate surface area is 205 Å². The van der Waals surface area contributed by atoms with E-state index >= 15 is 0 Å². The van der Waals surface area contributed by atoms with Crippen molar-refractivity contribution >= 4 is 11.7 Å². The van der Waals surface area contributed by atoms with E-state index in [1.54, 1.807) is 12.1 Å². The Balaban J connectivity index is 1.19. The van der Waals surface area contributed by atoms with Crippen LogP contribution >= 0.6 is 0 Å². The molecule has 0 N–H and O–H groups in total. The lowest BCUT2D eigenvalue weighted by Gasteiger charge is -2.34. The number of carbonyl (C=O) groups excluding carboxylic acids is 2. The summed E-state index contributed by atoms with van der Waals surface area (Å²) in [4.78, 5) is 31.3. The zero-order valence-electron chi connectivity index (χ0n) is 20.2. The predicted molar refractivity (Wildman–Crippen MR) is 130 cm³/mol. The summed E-state index contributed by atoms with van der Waals surface area (Å²) in [6.45, 7) is 7.19. The van der Waals surface area contributed by atoms with Crippen molar-refractivity contribution in [2.24, 2.45) is 0 Å². The molecule has 0 unspecified atom stereocenters. The number of benzene rings is 2. The average Bonchev–Trinajstić information content (AvgIpc) is 3.27. The summed E-state index contributed by atoms with van der Waals surface area (Å²) in [6.07, 6.45) is 3.54. The molecule has 2 aliphatic rings. The van der Waals surface area contributed by atoms with Crippen LogP contribution in [0.25, 0.3) is 0 Å². The van der Waals surface area contributed by atoms with E-state index in [1.807, 2.05) is 17.0 Å². The molecule has 1 amide bonds. The number of halogens is 2. The second kappa shape index (κ2) is 11.7. The summed E-state index contributed by atoms with van der Waals surface area (Å²) in [5.41, 5.74) is 0.485. The molecule has 1 atom stereocenters. The van der Waals surface area contributed by atoms with Crippen LogP contribution in [-0.2, 0) is 0 Å². The number of amides is 1. The van der Waals surface area contributed by atoms with Gasteiger partial charge in [0.15, 0.2) is 5.78 Å². The lowest BCUT2D eigenvalue weighted by Crippen LogP contribution is -2.50. The van der Waals surface area contributed by atoms with Crippen molar-refractivity contribution in [1.82, 2.24) is 14.7 Å². The van der Waals surface area contributed by atoms with Gasteiger partial charge in [-0.05, 0) is 69.1 Å². The summed E-state index contributed by atoms with van der Waals surface area (Å²) >= 11 is 0. The van der Waals surface area contributed by atoms with Gasteiger partial charge in [0.2, 0.25) is 0 Å². The molecule has 6 nitrogen and oxygen atoms in total. The molecule has 35 heavy (non-hydrogen) atoms. The second-order valence-corrected chi connectivity index (χ2v) is 9.37. The number of ketones is 1. The highest BCUT2D eigenvalue weighted by molar-refractivity contribution is 5.98. The molecule has 4 rings (SSSR count). The van der Waals surface area contributed by atoms with Crippen molar-refractivity contribution in [3.8, 4) is 5.75 Å². The standard InChI is InChI=1S/C27H33F2N3O3/c1-20-4-2-11-31(20)12-3-17-35-23-8-5-21(6-9-23)26(33)19-30-13-15-32(16-14-30)27(34)24-10-7-22(28)18-25(24)29/h5-10,18,20H,2-4,11-17,19H2,1H3/t20-/m1/s1. The number of piperazine rings is 1. The molecule has 188 valence electrons. The highest BCUT2D eigenvalue weighted by Crippen LogP contribution is 2.18. The van der Waals surface area contributed by atoms with Gasteiger partial charge in [-0.3, -0.25) is 14.5 Å². The van der Waals surface area contributed by atoms with Crippen molar-refractivity contribution in [2.75, 3.05) is 52.4 Å². The van der Waals surface area contributed by atoms with E-state index < -0.39 is 17.5 Å². The first kappa shape index (κ1) is 25.3. The first-order valence-electron chi connectivity index (χ1n) is 12.4. The van der Waals surface area contributed by atoms with Crippen LogP contribution in [0, 0.1) is 11.6 Å². The van der Waals surface area contributed by atoms with E-state index in [-0.39, 0.29) is 17.9 Å². The monoisotopic (exact) mass is 485 g/mol. The minimum atomic E-state index is -0.860. The summed E-state index contributed by atoms with van der Waals surface area (Å²) in [7, 11) is 0. The van der Waals surface area contributed by atoms with Crippen molar-refractivity contribution in [1.29, 1.82) is 0 Å². The molecule has 0 saturated carbocycles. The van der Waals surface area contributed by atoms with Gasteiger partial charge in [0.1, 0.15) is 17.4 Å². The Hall–Kier alpha value is -2.84.